The summed E-state index contributed by atoms with van der Waals surface area (Å²) in [5, 5.41) is 11.2. The zero-order valence-corrected chi connectivity index (χ0v) is 12.0. The molecule has 112 valence electrons. The molecule has 1 aromatic carbocycles. The first kappa shape index (κ1) is 15.2. The highest BCUT2D eigenvalue weighted by Crippen LogP contribution is 2.24. The molecule has 0 amide bonds. The number of hydrogen-bond donors (Lipinski definition) is 2. The van der Waals surface area contributed by atoms with E-state index in [0.717, 1.165) is 22.7 Å². The lowest BCUT2D eigenvalue weighted by Gasteiger charge is -2.09. The second-order valence-electron chi connectivity index (χ2n) is 4.21. The number of thiazole rings is 1. The molecule has 1 aromatic heterocycles. The predicted molar refractivity (Wildman–Crippen MR) is 74.9 cm³/mol. The van der Waals surface area contributed by atoms with Gasteiger partial charge in [-0.2, -0.15) is 0 Å². The van der Waals surface area contributed by atoms with Gasteiger partial charge in [-0.25, -0.2) is 13.8 Å². The Kier molecular flexibility index (Phi) is 4.69. The van der Waals surface area contributed by atoms with E-state index in [9.17, 15) is 8.78 Å². The SMILES string of the molecule is Cc1ncsc1CCOc1c(F)cc(C(N)=NO)cc1F. The van der Waals surface area contributed by atoms with Crippen molar-refractivity contribution in [3.63, 3.8) is 0 Å². The molecule has 0 aliphatic carbocycles. The summed E-state index contributed by atoms with van der Waals surface area (Å²) >= 11 is 1.46. The Balaban J connectivity index is 2.08. The minimum atomic E-state index is -0.905. The van der Waals surface area contributed by atoms with Crippen LogP contribution >= 0.6 is 11.3 Å². The number of aromatic nitrogens is 1. The van der Waals surface area contributed by atoms with Gasteiger partial charge in [-0.3, -0.25) is 0 Å². The summed E-state index contributed by atoms with van der Waals surface area (Å²) in [6, 6.07) is 1.90. The molecule has 0 bridgehead atoms. The van der Waals surface area contributed by atoms with E-state index in [0.29, 0.717) is 6.42 Å². The number of benzene rings is 1. The van der Waals surface area contributed by atoms with Crippen molar-refractivity contribution < 1.29 is 18.7 Å². The summed E-state index contributed by atoms with van der Waals surface area (Å²) in [7, 11) is 0. The van der Waals surface area contributed by atoms with Gasteiger partial charge in [0.2, 0.25) is 0 Å². The van der Waals surface area contributed by atoms with Gasteiger partial charge in [-0.05, 0) is 19.1 Å². The molecule has 0 atom stereocenters. The van der Waals surface area contributed by atoms with Crippen LogP contribution in [0.1, 0.15) is 16.1 Å². The molecule has 0 aliphatic heterocycles. The Labute approximate surface area is 123 Å². The van der Waals surface area contributed by atoms with Crippen LogP contribution in [0.3, 0.4) is 0 Å². The Morgan fingerprint density at radius 1 is 1.43 bits per heavy atom. The third-order valence-corrected chi connectivity index (χ3v) is 3.82. The summed E-state index contributed by atoms with van der Waals surface area (Å²) in [5.74, 6) is -2.67. The molecule has 0 saturated heterocycles. The molecule has 1 heterocycles. The quantitative estimate of drug-likeness (QED) is 0.384. The Hall–Kier alpha value is -2.22. The van der Waals surface area contributed by atoms with E-state index in [1.807, 2.05) is 6.92 Å². The number of oxime groups is 1. The van der Waals surface area contributed by atoms with Gasteiger partial charge >= 0.3 is 0 Å². The monoisotopic (exact) mass is 313 g/mol. The Morgan fingerprint density at radius 3 is 2.62 bits per heavy atom. The fourth-order valence-electron chi connectivity index (χ4n) is 1.72. The van der Waals surface area contributed by atoms with E-state index in [-0.39, 0.29) is 18.0 Å². The number of nitrogens with zero attached hydrogens (tertiary/aromatic N) is 2. The zero-order valence-electron chi connectivity index (χ0n) is 11.1. The first-order valence-electron chi connectivity index (χ1n) is 6.01. The Bertz CT molecular complexity index is 650. The van der Waals surface area contributed by atoms with Crippen molar-refractivity contribution in [3.8, 4) is 5.75 Å². The number of rotatable bonds is 5. The van der Waals surface area contributed by atoms with E-state index >= 15 is 0 Å². The van der Waals surface area contributed by atoms with Crippen LogP contribution in [0.25, 0.3) is 0 Å². The number of ether oxygens (including phenoxy) is 1. The second kappa shape index (κ2) is 6.49. The summed E-state index contributed by atoms with van der Waals surface area (Å²) < 4.78 is 32.7. The lowest BCUT2D eigenvalue weighted by atomic mass is 10.2. The summed E-state index contributed by atoms with van der Waals surface area (Å²) in [5.41, 5.74) is 7.81. The largest absolute Gasteiger partial charge is 0.487 e. The average molecular weight is 313 g/mol. The molecule has 21 heavy (non-hydrogen) atoms. The number of amidine groups is 1. The van der Waals surface area contributed by atoms with Crippen molar-refractivity contribution in [2.24, 2.45) is 10.9 Å². The molecule has 2 rings (SSSR count). The van der Waals surface area contributed by atoms with Crippen LogP contribution in [0.4, 0.5) is 8.78 Å². The van der Waals surface area contributed by atoms with Crippen LogP contribution in [0.15, 0.2) is 22.8 Å². The lowest BCUT2D eigenvalue weighted by molar-refractivity contribution is 0.288. The molecule has 2 aromatic rings. The summed E-state index contributed by atoms with van der Waals surface area (Å²) in [6.45, 7) is 1.98. The van der Waals surface area contributed by atoms with Gasteiger partial charge < -0.3 is 15.7 Å². The Morgan fingerprint density at radius 2 is 2.10 bits per heavy atom. The molecule has 5 nitrogen and oxygen atoms in total. The molecule has 3 N–H and O–H groups in total. The minimum absolute atomic E-state index is 0.0573. The highest BCUT2D eigenvalue weighted by molar-refractivity contribution is 7.09. The number of hydrogen-bond acceptors (Lipinski definition) is 5. The summed E-state index contributed by atoms with van der Waals surface area (Å²) in [6.07, 6.45) is 0.511. The number of aryl methyl sites for hydroxylation is 1. The molecule has 0 aliphatic rings. The van der Waals surface area contributed by atoms with Gasteiger partial charge in [0.25, 0.3) is 0 Å². The van der Waals surface area contributed by atoms with E-state index < -0.39 is 17.4 Å². The van der Waals surface area contributed by atoms with Crippen LogP contribution in [0, 0.1) is 18.6 Å². The van der Waals surface area contributed by atoms with Crippen LogP contribution < -0.4 is 10.5 Å². The van der Waals surface area contributed by atoms with Crippen molar-refractivity contribution in [1.82, 2.24) is 4.98 Å². The van der Waals surface area contributed by atoms with E-state index in [1.54, 1.807) is 5.51 Å². The van der Waals surface area contributed by atoms with Crippen molar-refractivity contribution >= 4 is 17.2 Å². The smallest absolute Gasteiger partial charge is 0.190 e. The van der Waals surface area contributed by atoms with Gasteiger partial charge in [-0.1, -0.05) is 5.16 Å². The molecule has 0 radical (unpaired) electrons. The molecule has 0 saturated carbocycles. The van der Waals surface area contributed by atoms with Gasteiger partial charge in [0.05, 0.1) is 17.8 Å². The van der Waals surface area contributed by atoms with Crippen molar-refractivity contribution in [2.45, 2.75) is 13.3 Å². The highest BCUT2D eigenvalue weighted by atomic mass is 32.1. The standard InChI is InChI=1S/C13H13F2N3O2S/c1-7-11(21-6-17-7)2-3-20-12-9(14)4-8(5-10(12)15)13(16)18-19/h4-6,19H,2-3H2,1H3,(H2,16,18). The maximum Gasteiger partial charge on any atom is 0.190 e. The van der Waals surface area contributed by atoms with Crippen LogP contribution in [-0.2, 0) is 6.42 Å². The number of nitrogens with two attached hydrogens (primary N) is 1. The van der Waals surface area contributed by atoms with Gasteiger partial charge in [-0.15, -0.1) is 11.3 Å². The second-order valence-corrected chi connectivity index (χ2v) is 5.15. The predicted octanol–water partition coefficient (Wildman–Crippen LogP) is 2.45. The third kappa shape index (κ3) is 3.46. The summed E-state index contributed by atoms with van der Waals surface area (Å²) in [4.78, 5) is 5.09. The zero-order chi connectivity index (χ0) is 15.4. The van der Waals surface area contributed by atoms with Crippen LogP contribution in [0.2, 0.25) is 0 Å². The van der Waals surface area contributed by atoms with Gasteiger partial charge in [0, 0.05) is 16.9 Å². The fraction of sp³-hybridized carbons (Fsp3) is 0.231. The van der Waals surface area contributed by atoms with Crippen molar-refractivity contribution in [3.05, 3.63) is 45.4 Å². The van der Waals surface area contributed by atoms with E-state index in [2.05, 4.69) is 10.1 Å². The molecular weight excluding hydrogens is 300 g/mol. The minimum Gasteiger partial charge on any atom is -0.487 e. The maximum absolute atomic E-state index is 13.8. The molecule has 0 fully saturated rings. The van der Waals surface area contributed by atoms with Crippen molar-refractivity contribution in [1.29, 1.82) is 0 Å². The van der Waals surface area contributed by atoms with E-state index in [1.165, 1.54) is 11.3 Å². The number of halogens is 2. The third-order valence-electron chi connectivity index (χ3n) is 2.82. The van der Waals surface area contributed by atoms with Gasteiger partial charge in [0.1, 0.15) is 0 Å². The highest BCUT2D eigenvalue weighted by Gasteiger charge is 2.15. The topological polar surface area (TPSA) is 80.7 Å². The lowest BCUT2D eigenvalue weighted by Crippen LogP contribution is -2.14. The molecule has 0 unspecified atom stereocenters. The molecule has 0 spiro atoms. The first-order chi connectivity index (χ1) is 10.0. The molecule has 8 heteroatoms. The average Bonchev–Trinajstić information content (AvgIpc) is 2.86. The van der Waals surface area contributed by atoms with Crippen LogP contribution in [0.5, 0.6) is 5.75 Å². The van der Waals surface area contributed by atoms with E-state index in [4.69, 9.17) is 15.7 Å². The van der Waals surface area contributed by atoms with Crippen molar-refractivity contribution in [2.75, 3.05) is 6.61 Å². The molecular formula is C13H13F2N3O2S. The normalized spacial score (nSPS) is 11.7. The maximum atomic E-state index is 13.8. The van der Waals surface area contributed by atoms with Gasteiger partial charge in [0.15, 0.2) is 23.2 Å². The first-order valence-corrected chi connectivity index (χ1v) is 6.89. The fourth-order valence-corrected chi connectivity index (χ4v) is 2.48. The van der Waals surface area contributed by atoms with Crippen LogP contribution in [-0.4, -0.2) is 22.6 Å².